The van der Waals surface area contributed by atoms with Crippen LogP contribution < -0.4 is 0 Å². The largest absolute Gasteiger partial charge is 0.469 e. The smallest absolute Gasteiger partial charge is 0.197 e. The molecule has 0 bridgehead atoms. The average molecular weight is 420 g/mol. The third-order valence-corrected chi connectivity index (χ3v) is 6.34. The zero-order chi connectivity index (χ0) is 19.8. The molecule has 0 unspecified atom stereocenters. The molecule has 0 atom stereocenters. The van der Waals surface area contributed by atoms with E-state index in [2.05, 4.69) is 27.1 Å². The number of thiophene rings is 1. The molecule has 4 heterocycles. The Morgan fingerprint density at radius 1 is 1.10 bits per heavy atom. The van der Waals surface area contributed by atoms with Gasteiger partial charge in [0.2, 0.25) is 0 Å². The van der Waals surface area contributed by atoms with Crippen LogP contribution in [0.4, 0.5) is 0 Å². The lowest BCUT2D eigenvalue weighted by atomic mass is 10.2. The molecule has 144 valence electrons. The van der Waals surface area contributed by atoms with Crippen LogP contribution in [0.15, 0.2) is 68.0 Å². The van der Waals surface area contributed by atoms with Gasteiger partial charge in [0.05, 0.1) is 17.3 Å². The Bertz CT molecular complexity index is 1290. The van der Waals surface area contributed by atoms with E-state index in [-0.39, 0.29) is 0 Å². The molecule has 0 aliphatic heterocycles. The number of fused-ring (bicyclic) bond motifs is 1. The molecule has 6 nitrogen and oxygen atoms in total. The average Bonchev–Trinajstić information content (AvgIpc) is 3.48. The Kier molecular flexibility index (Phi) is 4.65. The van der Waals surface area contributed by atoms with Crippen molar-refractivity contribution in [3.8, 4) is 22.8 Å². The summed E-state index contributed by atoms with van der Waals surface area (Å²) in [5, 5.41) is 15.6. The van der Waals surface area contributed by atoms with Crippen molar-refractivity contribution in [2.24, 2.45) is 0 Å². The van der Waals surface area contributed by atoms with Crippen LogP contribution in [0.1, 0.15) is 12.7 Å². The van der Waals surface area contributed by atoms with Crippen LogP contribution in [-0.2, 0) is 6.54 Å². The van der Waals surface area contributed by atoms with Gasteiger partial charge in [-0.25, -0.2) is 9.97 Å². The van der Waals surface area contributed by atoms with Gasteiger partial charge in [-0.2, -0.15) is 11.3 Å². The van der Waals surface area contributed by atoms with Crippen LogP contribution in [-0.4, -0.2) is 24.7 Å². The summed E-state index contributed by atoms with van der Waals surface area (Å²) in [6.07, 6.45) is 1.68. The first-order valence-corrected chi connectivity index (χ1v) is 11.0. The molecule has 0 radical (unpaired) electrons. The van der Waals surface area contributed by atoms with Crippen molar-refractivity contribution in [3.63, 3.8) is 0 Å². The fourth-order valence-corrected chi connectivity index (χ4v) is 4.83. The number of benzene rings is 1. The Morgan fingerprint density at radius 3 is 2.76 bits per heavy atom. The molecular formula is C21H17N5OS2. The lowest BCUT2D eigenvalue weighted by Crippen LogP contribution is -2.00. The molecule has 5 aromatic rings. The number of nitrogens with zero attached hydrogens (tertiary/aromatic N) is 5. The van der Waals surface area contributed by atoms with Gasteiger partial charge in [0.1, 0.15) is 10.8 Å². The van der Waals surface area contributed by atoms with Gasteiger partial charge in [-0.3, -0.25) is 0 Å². The molecule has 29 heavy (non-hydrogen) atoms. The number of para-hydroxylation sites is 1. The van der Waals surface area contributed by atoms with Crippen molar-refractivity contribution >= 4 is 34.0 Å². The summed E-state index contributed by atoms with van der Waals surface area (Å²) in [6.45, 7) is 4.76. The van der Waals surface area contributed by atoms with Crippen LogP contribution in [0.5, 0.6) is 0 Å². The summed E-state index contributed by atoms with van der Waals surface area (Å²) >= 11 is 3.15. The Balaban J connectivity index is 1.62. The Morgan fingerprint density at radius 2 is 2.00 bits per heavy atom. The highest BCUT2D eigenvalue weighted by molar-refractivity contribution is 7.99. The third kappa shape index (κ3) is 3.24. The zero-order valence-electron chi connectivity index (χ0n) is 15.9. The Labute approximate surface area is 175 Å². The van der Waals surface area contributed by atoms with E-state index in [1.807, 2.05) is 48.7 Å². The van der Waals surface area contributed by atoms with Crippen LogP contribution >= 0.6 is 23.1 Å². The normalized spacial score (nSPS) is 11.4. The van der Waals surface area contributed by atoms with Crippen molar-refractivity contribution in [2.75, 3.05) is 0 Å². The van der Waals surface area contributed by atoms with E-state index in [1.54, 1.807) is 17.6 Å². The maximum Gasteiger partial charge on any atom is 0.197 e. The van der Waals surface area contributed by atoms with Gasteiger partial charge >= 0.3 is 0 Å². The van der Waals surface area contributed by atoms with Crippen LogP contribution in [0, 0.1) is 6.92 Å². The molecule has 8 heteroatoms. The standard InChI is InChI=1S/C21H17N5OS2/c1-3-26-19(15-8-10-27-13(15)2)24-25-21(26)29-20-16-6-4-5-7-17(16)22-18(23-20)14-9-11-28-12-14/h4-12H,3H2,1-2H3. The predicted octanol–water partition coefficient (Wildman–Crippen LogP) is 5.69. The first-order valence-electron chi connectivity index (χ1n) is 9.19. The minimum absolute atomic E-state index is 0.723. The highest BCUT2D eigenvalue weighted by Gasteiger charge is 2.19. The van der Waals surface area contributed by atoms with E-state index < -0.39 is 0 Å². The predicted molar refractivity (Wildman–Crippen MR) is 115 cm³/mol. The van der Waals surface area contributed by atoms with Crippen LogP contribution in [0.25, 0.3) is 33.7 Å². The molecule has 0 amide bonds. The number of rotatable bonds is 5. The van der Waals surface area contributed by atoms with Crippen molar-refractivity contribution in [3.05, 3.63) is 59.2 Å². The monoisotopic (exact) mass is 419 g/mol. The van der Waals surface area contributed by atoms with Gasteiger partial charge in [0, 0.05) is 22.9 Å². The number of aryl methyl sites for hydroxylation is 1. The third-order valence-electron chi connectivity index (χ3n) is 4.67. The minimum atomic E-state index is 0.723. The summed E-state index contributed by atoms with van der Waals surface area (Å²) in [7, 11) is 0. The molecule has 1 aromatic carbocycles. The molecule has 5 rings (SSSR count). The van der Waals surface area contributed by atoms with E-state index in [9.17, 15) is 0 Å². The van der Waals surface area contributed by atoms with E-state index in [0.29, 0.717) is 0 Å². The second kappa shape index (κ2) is 7.46. The first kappa shape index (κ1) is 18.1. The topological polar surface area (TPSA) is 69.6 Å². The second-order valence-electron chi connectivity index (χ2n) is 6.42. The van der Waals surface area contributed by atoms with Gasteiger partial charge in [0.15, 0.2) is 16.8 Å². The van der Waals surface area contributed by atoms with Crippen molar-refractivity contribution in [1.29, 1.82) is 0 Å². The van der Waals surface area contributed by atoms with E-state index in [1.165, 1.54) is 11.8 Å². The van der Waals surface area contributed by atoms with Crippen molar-refractivity contribution in [2.45, 2.75) is 30.6 Å². The maximum absolute atomic E-state index is 5.45. The summed E-state index contributed by atoms with van der Waals surface area (Å²) in [6, 6.07) is 12.0. The van der Waals surface area contributed by atoms with E-state index in [4.69, 9.17) is 14.4 Å². The molecule has 0 fully saturated rings. The lowest BCUT2D eigenvalue weighted by Gasteiger charge is -2.09. The molecular weight excluding hydrogens is 402 g/mol. The van der Waals surface area contributed by atoms with Crippen molar-refractivity contribution < 1.29 is 4.42 Å². The lowest BCUT2D eigenvalue weighted by molar-refractivity contribution is 0.534. The van der Waals surface area contributed by atoms with E-state index in [0.717, 1.165) is 56.2 Å². The molecule has 0 N–H and O–H groups in total. The van der Waals surface area contributed by atoms with Gasteiger partial charge in [-0.15, -0.1) is 10.2 Å². The van der Waals surface area contributed by atoms with Crippen molar-refractivity contribution in [1.82, 2.24) is 24.7 Å². The van der Waals surface area contributed by atoms with Gasteiger partial charge in [0.25, 0.3) is 0 Å². The molecule has 0 saturated heterocycles. The van der Waals surface area contributed by atoms with Crippen LogP contribution in [0.2, 0.25) is 0 Å². The fourth-order valence-electron chi connectivity index (χ4n) is 3.20. The SMILES string of the molecule is CCn1c(Sc2nc(-c3ccsc3)nc3ccccc23)nnc1-c1ccoc1C. The molecule has 4 aromatic heterocycles. The van der Waals surface area contributed by atoms with Gasteiger partial charge < -0.3 is 8.98 Å². The molecule has 0 saturated carbocycles. The number of furan rings is 1. The summed E-state index contributed by atoms with van der Waals surface area (Å²) in [5.74, 6) is 2.36. The minimum Gasteiger partial charge on any atom is -0.469 e. The second-order valence-corrected chi connectivity index (χ2v) is 8.16. The molecule has 0 aliphatic carbocycles. The fraction of sp³-hybridized carbons (Fsp3) is 0.143. The molecule has 0 aliphatic rings. The Hall–Kier alpha value is -2.97. The van der Waals surface area contributed by atoms with Gasteiger partial charge in [-0.1, -0.05) is 18.2 Å². The van der Waals surface area contributed by atoms with Crippen LogP contribution in [0.3, 0.4) is 0 Å². The molecule has 0 spiro atoms. The van der Waals surface area contributed by atoms with E-state index >= 15 is 0 Å². The highest BCUT2D eigenvalue weighted by Crippen LogP contribution is 2.35. The number of hydrogen-bond acceptors (Lipinski definition) is 7. The highest BCUT2D eigenvalue weighted by atomic mass is 32.2. The quantitative estimate of drug-likeness (QED) is 0.341. The maximum atomic E-state index is 5.45. The first-order chi connectivity index (χ1) is 14.2. The number of aromatic nitrogens is 5. The number of hydrogen-bond donors (Lipinski definition) is 0. The summed E-state index contributed by atoms with van der Waals surface area (Å²) in [4.78, 5) is 9.61. The summed E-state index contributed by atoms with van der Waals surface area (Å²) < 4.78 is 7.54. The summed E-state index contributed by atoms with van der Waals surface area (Å²) in [5.41, 5.74) is 2.90. The zero-order valence-corrected chi connectivity index (χ0v) is 17.5. The van der Waals surface area contributed by atoms with Gasteiger partial charge in [-0.05, 0) is 49.2 Å².